The van der Waals surface area contributed by atoms with Crippen LogP contribution in [0.15, 0.2) is 0 Å². The molecule has 6 heteroatoms. The minimum Gasteiger partial charge on any atom is -0.390 e. The van der Waals surface area contributed by atoms with Gasteiger partial charge < -0.3 is 5.11 Å². The lowest BCUT2D eigenvalue weighted by atomic mass is 9.41. The number of carbonyl (C=O) groups excluding carboxylic acids is 1. The first-order valence-corrected chi connectivity index (χ1v) is 12.6. The standard InChI is InChI=1S/C25H40N4O2/c1-16-26-27-28-29(16)15-22(30)21-7-5-6-19-18-9-8-17-14-23(2,31)12-13-24(17,3)20(18)10-11-25(19,21)4/h17-21,31H,5-15H2,1-4H3/t17-,18+,19+,20+,21-,23-,24+,25+/m1/s1. The number of rotatable bonds is 3. The summed E-state index contributed by atoms with van der Waals surface area (Å²) in [5.41, 5.74) is 0.00557. The van der Waals surface area contributed by atoms with E-state index < -0.39 is 5.60 Å². The summed E-state index contributed by atoms with van der Waals surface area (Å²) >= 11 is 0. The number of fused-ring (bicyclic) bond motifs is 5. The van der Waals surface area contributed by atoms with Crippen LogP contribution in [-0.4, -0.2) is 36.7 Å². The molecule has 0 aromatic carbocycles. The van der Waals surface area contributed by atoms with Crippen molar-refractivity contribution in [3.63, 3.8) is 0 Å². The minimum atomic E-state index is -0.475. The van der Waals surface area contributed by atoms with Crippen LogP contribution in [0.4, 0.5) is 0 Å². The molecule has 1 heterocycles. The van der Waals surface area contributed by atoms with Gasteiger partial charge in [-0.05, 0) is 117 Å². The predicted molar refractivity (Wildman–Crippen MR) is 118 cm³/mol. The molecule has 1 aromatic heterocycles. The van der Waals surface area contributed by atoms with Gasteiger partial charge in [-0.3, -0.25) is 4.79 Å². The zero-order chi connectivity index (χ0) is 22.0. The van der Waals surface area contributed by atoms with E-state index in [4.69, 9.17) is 0 Å². The average molecular weight is 429 g/mol. The van der Waals surface area contributed by atoms with Crippen molar-refractivity contribution in [2.45, 2.75) is 104 Å². The van der Waals surface area contributed by atoms with Gasteiger partial charge in [0.2, 0.25) is 0 Å². The van der Waals surface area contributed by atoms with E-state index in [1.165, 1.54) is 38.5 Å². The molecule has 0 saturated heterocycles. The van der Waals surface area contributed by atoms with Crippen molar-refractivity contribution in [2.75, 3.05) is 0 Å². The highest BCUT2D eigenvalue weighted by atomic mass is 16.3. The molecule has 4 saturated carbocycles. The molecule has 0 aliphatic heterocycles. The third-order valence-electron chi connectivity index (χ3n) is 10.6. The van der Waals surface area contributed by atoms with E-state index in [0.29, 0.717) is 35.4 Å². The Morgan fingerprint density at radius 3 is 2.55 bits per heavy atom. The van der Waals surface area contributed by atoms with Crippen molar-refractivity contribution in [3.8, 4) is 0 Å². The van der Waals surface area contributed by atoms with Crippen LogP contribution in [0.5, 0.6) is 0 Å². The molecule has 0 amide bonds. The Balaban J connectivity index is 1.38. The summed E-state index contributed by atoms with van der Waals surface area (Å²) in [6.45, 7) is 9.19. The first-order valence-electron chi connectivity index (χ1n) is 12.6. The number of hydrogen-bond acceptors (Lipinski definition) is 5. The van der Waals surface area contributed by atoms with E-state index in [0.717, 1.165) is 37.5 Å². The zero-order valence-electron chi connectivity index (χ0n) is 19.8. The Hall–Kier alpha value is -1.30. The maximum atomic E-state index is 13.5. The third kappa shape index (κ3) is 3.39. The number of hydrogen-bond donors (Lipinski definition) is 1. The lowest BCUT2D eigenvalue weighted by Gasteiger charge is -2.64. The number of carbonyl (C=O) groups is 1. The van der Waals surface area contributed by atoms with E-state index in [9.17, 15) is 9.90 Å². The molecule has 1 aromatic rings. The van der Waals surface area contributed by atoms with Gasteiger partial charge in [-0.1, -0.05) is 20.3 Å². The Kier molecular flexibility index (Phi) is 5.11. The van der Waals surface area contributed by atoms with E-state index in [-0.39, 0.29) is 11.3 Å². The van der Waals surface area contributed by atoms with E-state index in [2.05, 4.69) is 29.4 Å². The molecule has 0 unspecified atom stereocenters. The second-order valence-electron chi connectivity index (χ2n) is 12.2. The average Bonchev–Trinajstić information content (AvgIpc) is 3.11. The second kappa shape index (κ2) is 7.36. The normalized spacial score (nSPS) is 47.2. The molecule has 6 nitrogen and oxygen atoms in total. The smallest absolute Gasteiger partial charge is 0.158 e. The van der Waals surface area contributed by atoms with Crippen LogP contribution in [0, 0.1) is 47.3 Å². The fraction of sp³-hybridized carbons (Fsp3) is 0.920. The molecule has 4 aliphatic rings. The minimum absolute atomic E-state index is 0.113. The number of aliphatic hydroxyl groups is 1. The number of Topliss-reactive ketones (excluding diaryl/α,β-unsaturated/α-hetero) is 1. The quantitative estimate of drug-likeness (QED) is 0.774. The molecular formula is C25H40N4O2. The van der Waals surface area contributed by atoms with Gasteiger partial charge in [-0.15, -0.1) is 5.10 Å². The van der Waals surface area contributed by atoms with Crippen LogP contribution in [0.1, 0.15) is 90.8 Å². The SMILES string of the molecule is Cc1nnnn1CC(=O)[C@H]1CCC[C@H]2[C@@H]3CC[C@@H]4C[C@](C)(O)CC[C@]4(C)[C@H]3CC[C@]12C. The van der Waals surface area contributed by atoms with Gasteiger partial charge >= 0.3 is 0 Å². The van der Waals surface area contributed by atoms with Crippen LogP contribution in [0.2, 0.25) is 0 Å². The van der Waals surface area contributed by atoms with Gasteiger partial charge in [0.15, 0.2) is 5.78 Å². The van der Waals surface area contributed by atoms with Gasteiger partial charge in [-0.2, -0.15) is 0 Å². The first-order chi connectivity index (χ1) is 14.6. The topological polar surface area (TPSA) is 80.9 Å². The van der Waals surface area contributed by atoms with E-state index in [1.54, 1.807) is 4.68 Å². The molecule has 4 aliphatic carbocycles. The van der Waals surface area contributed by atoms with E-state index in [1.807, 2.05) is 13.8 Å². The molecule has 1 N–H and O–H groups in total. The van der Waals surface area contributed by atoms with Crippen molar-refractivity contribution in [3.05, 3.63) is 5.82 Å². The summed E-state index contributed by atoms with van der Waals surface area (Å²) in [6, 6.07) is 0. The van der Waals surface area contributed by atoms with Gasteiger partial charge in [0, 0.05) is 5.92 Å². The second-order valence-corrected chi connectivity index (χ2v) is 12.2. The van der Waals surface area contributed by atoms with Gasteiger partial charge in [-0.25, -0.2) is 4.68 Å². The summed E-state index contributed by atoms with van der Waals surface area (Å²) < 4.78 is 1.67. The Morgan fingerprint density at radius 2 is 1.81 bits per heavy atom. The number of tetrazole rings is 1. The summed E-state index contributed by atoms with van der Waals surface area (Å²) in [4.78, 5) is 13.5. The maximum absolute atomic E-state index is 13.5. The van der Waals surface area contributed by atoms with Crippen molar-refractivity contribution in [1.29, 1.82) is 0 Å². The van der Waals surface area contributed by atoms with Crippen molar-refractivity contribution in [2.24, 2.45) is 40.4 Å². The molecule has 4 fully saturated rings. The van der Waals surface area contributed by atoms with Crippen molar-refractivity contribution in [1.82, 2.24) is 20.2 Å². The molecule has 0 radical (unpaired) electrons. The molecule has 8 atom stereocenters. The summed E-state index contributed by atoms with van der Waals surface area (Å²) in [5, 5.41) is 22.4. The maximum Gasteiger partial charge on any atom is 0.158 e. The zero-order valence-corrected chi connectivity index (χ0v) is 19.8. The predicted octanol–water partition coefficient (Wildman–Crippen LogP) is 4.35. The van der Waals surface area contributed by atoms with Crippen molar-refractivity contribution >= 4 is 5.78 Å². The highest BCUT2D eigenvalue weighted by Gasteiger charge is 2.60. The molecule has 31 heavy (non-hydrogen) atoms. The largest absolute Gasteiger partial charge is 0.390 e. The lowest BCUT2D eigenvalue weighted by Crippen LogP contribution is -2.58. The number of nitrogens with zero attached hydrogens (tertiary/aromatic N) is 4. The molecule has 0 bridgehead atoms. The fourth-order valence-corrected chi connectivity index (χ4v) is 8.81. The first kappa shape index (κ1) is 21.5. The summed E-state index contributed by atoms with van der Waals surface area (Å²) in [5.74, 6) is 4.00. The number of ketones is 1. The van der Waals surface area contributed by atoms with Crippen LogP contribution >= 0.6 is 0 Å². The van der Waals surface area contributed by atoms with Gasteiger partial charge in [0.25, 0.3) is 0 Å². The molecular weight excluding hydrogens is 388 g/mol. The number of aromatic nitrogens is 4. The van der Waals surface area contributed by atoms with Crippen molar-refractivity contribution < 1.29 is 9.90 Å². The third-order valence-corrected chi connectivity index (χ3v) is 10.6. The molecule has 0 spiro atoms. The van der Waals surface area contributed by atoms with Gasteiger partial charge in [0.1, 0.15) is 12.4 Å². The van der Waals surface area contributed by atoms with E-state index >= 15 is 0 Å². The van der Waals surface area contributed by atoms with Crippen LogP contribution in [0.25, 0.3) is 0 Å². The lowest BCUT2D eigenvalue weighted by molar-refractivity contribution is -0.169. The summed E-state index contributed by atoms with van der Waals surface area (Å²) in [6.07, 6.45) is 11.5. The van der Waals surface area contributed by atoms with Crippen LogP contribution in [-0.2, 0) is 11.3 Å². The van der Waals surface area contributed by atoms with Crippen LogP contribution < -0.4 is 0 Å². The Morgan fingerprint density at radius 1 is 1.03 bits per heavy atom. The number of aryl methyl sites for hydroxylation is 1. The fourth-order valence-electron chi connectivity index (χ4n) is 8.81. The highest BCUT2D eigenvalue weighted by molar-refractivity contribution is 5.81. The van der Waals surface area contributed by atoms with Gasteiger partial charge in [0.05, 0.1) is 5.60 Å². The Labute approximate surface area is 186 Å². The molecule has 172 valence electrons. The summed E-state index contributed by atoms with van der Waals surface area (Å²) in [7, 11) is 0. The molecule has 5 rings (SSSR count). The monoisotopic (exact) mass is 428 g/mol. The highest BCUT2D eigenvalue weighted by Crippen LogP contribution is 2.67. The Bertz CT molecular complexity index is 850. The van der Waals surface area contributed by atoms with Crippen LogP contribution in [0.3, 0.4) is 0 Å².